The first kappa shape index (κ1) is 16.8. The molecule has 0 radical (unpaired) electrons. The fourth-order valence-electron chi connectivity index (χ4n) is 0. The summed E-state index contributed by atoms with van der Waals surface area (Å²) in [6, 6.07) is 0. The molecule has 0 amide bonds. The van der Waals surface area contributed by atoms with Gasteiger partial charge in [-0.05, 0) is 6.92 Å². The first-order chi connectivity index (χ1) is 3.68. The number of aliphatic hydroxyl groups is 1. The zero-order valence-corrected chi connectivity index (χ0v) is 9.43. The van der Waals surface area contributed by atoms with Crippen molar-refractivity contribution in [3.8, 4) is 0 Å². The van der Waals surface area contributed by atoms with Gasteiger partial charge in [-0.3, -0.25) is 0 Å². The summed E-state index contributed by atoms with van der Waals surface area (Å²) < 4.78 is 0. The zero-order chi connectivity index (χ0) is 6.99. The average Bonchev–Trinajstić information content (AvgIpc) is 1.69. The molecule has 50 valence electrons. The van der Waals surface area contributed by atoms with E-state index in [1.165, 1.54) is 0 Å². The largest absolute Gasteiger partial charge is 1.00 e. The number of rotatable bonds is 1. The maximum Gasteiger partial charge on any atom is 1.00 e. The summed E-state index contributed by atoms with van der Waals surface area (Å²) in [5, 5.41) is 16.7. The van der Waals surface area contributed by atoms with E-state index in [1.807, 2.05) is 0 Å². The van der Waals surface area contributed by atoms with Gasteiger partial charge < -0.3 is 15.0 Å². The van der Waals surface area contributed by atoms with Crippen molar-refractivity contribution >= 4 is 17.6 Å². The summed E-state index contributed by atoms with van der Waals surface area (Å²) in [4.78, 5) is 9.12. The van der Waals surface area contributed by atoms with Crippen LogP contribution in [0.15, 0.2) is 0 Å². The molecule has 0 aromatic carbocycles. The summed E-state index contributed by atoms with van der Waals surface area (Å²) in [5.74, 6) is -1.65. The number of alkyl halides is 1. The Morgan fingerprint density at radius 3 is 1.89 bits per heavy atom. The van der Waals surface area contributed by atoms with Crippen LogP contribution in [0.3, 0.4) is 0 Å². The van der Waals surface area contributed by atoms with Crippen molar-refractivity contribution in [1.29, 1.82) is 0 Å². The van der Waals surface area contributed by atoms with Crippen molar-refractivity contribution in [1.82, 2.24) is 0 Å². The van der Waals surface area contributed by atoms with Crippen LogP contribution < -0.4 is 56.5 Å². The van der Waals surface area contributed by atoms with Crippen LogP contribution in [0.25, 0.3) is 0 Å². The van der Waals surface area contributed by atoms with Crippen LogP contribution in [0.5, 0.6) is 0 Å². The van der Waals surface area contributed by atoms with Crippen molar-refractivity contribution in [2.45, 2.75) is 6.92 Å². The van der Waals surface area contributed by atoms with Gasteiger partial charge in [-0.25, -0.2) is 0 Å². The summed E-state index contributed by atoms with van der Waals surface area (Å²) >= 11 is 4.67. The maximum atomic E-state index is 9.12. The molecule has 0 unspecified atom stereocenters. The molecule has 5 heteroatoms. The van der Waals surface area contributed by atoms with Gasteiger partial charge in [0.25, 0.3) is 0 Å². The minimum Gasteiger partial charge on any atom is -0.549 e. The molecule has 0 atom stereocenters. The van der Waals surface area contributed by atoms with Gasteiger partial charge in [-0.2, -0.15) is 0 Å². The molecule has 0 saturated carbocycles. The van der Waals surface area contributed by atoms with Crippen molar-refractivity contribution in [3.05, 3.63) is 0 Å². The third-order valence-corrected chi connectivity index (χ3v) is 0.327. The molecular formula is C4H8ClKO3. The first-order valence-corrected chi connectivity index (χ1v) is 2.59. The Labute approximate surface area is 102 Å². The fourth-order valence-corrected chi connectivity index (χ4v) is 0. The van der Waals surface area contributed by atoms with Crippen LogP contribution in [0.1, 0.15) is 6.92 Å². The number of carboxylic acid groups (broad SMARTS) is 1. The first-order valence-electron chi connectivity index (χ1n) is 2.05. The van der Waals surface area contributed by atoms with Crippen molar-refractivity contribution < 1.29 is 66.4 Å². The van der Waals surface area contributed by atoms with E-state index >= 15 is 0 Å². The van der Waals surface area contributed by atoms with Crippen LogP contribution in [0.4, 0.5) is 0 Å². The van der Waals surface area contributed by atoms with Crippen LogP contribution in [-0.4, -0.2) is 23.6 Å². The second-order valence-corrected chi connectivity index (χ2v) is 1.09. The zero-order valence-electron chi connectivity index (χ0n) is 5.56. The van der Waals surface area contributed by atoms with Gasteiger partial charge in [0.15, 0.2) is 0 Å². The number of carbonyl (C=O) groups excluding carboxylic acids is 1. The topological polar surface area (TPSA) is 60.4 Å². The Kier molecular flexibility index (Phi) is 30.1. The third kappa shape index (κ3) is 44.9. The molecule has 0 bridgehead atoms. The molecule has 0 heterocycles. The molecular weight excluding hydrogens is 171 g/mol. The summed E-state index contributed by atoms with van der Waals surface area (Å²) in [6.07, 6.45) is 0. The quantitative estimate of drug-likeness (QED) is 0.329. The second-order valence-electron chi connectivity index (χ2n) is 0.822. The monoisotopic (exact) mass is 178 g/mol. The van der Waals surface area contributed by atoms with Crippen molar-refractivity contribution in [2.75, 3.05) is 12.5 Å². The van der Waals surface area contributed by atoms with Crippen molar-refractivity contribution in [3.63, 3.8) is 0 Å². The number of aliphatic carboxylic acids is 1. The molecule has 3 nitrogen and oxygen atoms in total. The van der Waals surface area contributed by atoms with E-state index in [4.69, 9.17) is 15.0 Å². The van der Waals surface area contributed by atoms with E-state index in [0.29, 0.717) is 0 Å². The van der Waals surface area contributed by atoms with Gasteiger partial charge in [0.05, 0.1) is 11.8 Å². The number of hydrogen-bond acceptors (Lipinski definition) is 3. The Bertz CT molecular complexity index is 59.8. The molecule has 1 N–H and O–H groups in total. The Hall–Kier alpha value is 1.36. The van der Waals surface area contributed by atoms with E-state index in [1.54, 1.807) is 6.92 Å². The number of carboxylic acids is 1. The van der Waals surface area contributed by atoms with E-state index in [2.05, 4.69) is 11.6 Å². The normalized spacial score (nSPS) is 6.11. The van der Waals surface area contributed by atoms with Gasteiger partial charge in [0.2, 0.25) is 0 Å². The maximum absolute atomic E-state index is 9.12. The minimum atomic E-state index is -1.23. The molecule has 0 aliphatic rings. The summed E-state index contributed by atoms with van der Waals surface area (Å²) in [7, 11) is 0. The standard InChI is InChI=1S/C2H3ClO2.C2H6O.K/c3-1-2(4)5;1-2-3;/h1H2,(H,4,5);3H,2H2,1H3;/q;;+1/p-1. The Morgan fingerprint density at radius 2 is 1.89 bits per heavy atom. The number of carbonyl (C=O) groups is 1. The summed E-state index contributed by atoms with van der Waals surface area (Å²) in [5.41, 5.74) is 0. The minimum absolute atomic E-state index is 0. The van der Waals surface area contributed by atoms with Crippen LogP contribution in [-0.2, 0) is 4.79 Å². The number of aliphatic hydroxyl groups excluding tert-OH is 1. The predicted octanol–water partition coefficient (Wildman–Crippen LogP) is -4.02. The Morgan fingerprint density at radius 1 is 1.78 bits per heavy atom. The van der Waals surface area contributed by atoms with Gasteiger partial charge in [0.1, 0.15) is 0 Å². The molecule has 0 aromatic heterocycles. The van der Waals surface area contributed by atoms with Crippen LogP contribution >= 0.6 is 11.6 Å². The predicted molar refractivity (Wildman–Crippen MR) is 28.5 cm³/mol. The van der Waals surface area contributed by atoms with E-state index in [0.717, 1.165) is 0 Å². The molecule has 0 spiro atoms. The molecule has 0 rings (SSSR count). The molecule has 0 aliphatic heterocycles. The molecule has 9 heavy (non-hydrogen) atoms. The molecule has 0 fully saturated rings. The molecule has 0 saturated heterocycles. The van der Waals surface area contributed by atoms with E-state index in [-0.39, 0.29) is 58.0 Å². The van der Waals surface area contributed by atoms with Gasteiger partial charge in [-0.15, -0.1) is 11.6 Å². The SMILES string of the molecule is CCO.O=C([O-])CCl.[K+]. The van der Waals surface area contributed by atoms with Crippen LogP contribution in [0, 0.1) is 0 Å². The van der Waals surface area contributed by atoms with Crippen LogP contribution in [0.2, 0.25) is 0 Å². The van der Waals surface area contributed by atoms with E-state index in [9.17, 15) is 0 Å². The van der Waals surface area contributed by atoms with Gasteiger partial charge in [0, 0.05) is 6.61 Å². The van der Waals surface area contributed by atoms with Crippen molar-refractivity contribution in [2.24, 2.45) is 0 Å². The average molecular weight is 179 g/mol. The molecule has 0 aliphatic carbocycles. The third-order valence-electron chi connectivity index (χ3n) is 0.109. The van der Waals surface area contributed by atoms with E-state index < -0.39 is 11.8 Å². The fraction of sp³-hybridized carbons (Fsp3) is 0.750. The summed E-state index contributed by atoms with van der Waals surface area (Å²) in [6.45, 7) is 1.93. The molecule has 0 aromatic rings. The van der Waals surface area contributed by atoms with Gasteiger partial charge in [-0.1, -0.05) is 0 Å². The smallest absolute Gasteiger partial charge is 0.549 e. The number of hydrogen-bond donors (Lipinski definition) is 1. The number of halogens is 1. The second kappa shape index (κ2) is 16.2. The van der Waals surface area contributed by atoms with Gasteiger partial charge >= 0.3 is 51.4 Å². The Balaban J connectivity index is -0.0000000800.